The molecular formula is C10H21NO7. The first-order valence-electron chi connectivity index (χ1n) is 5.65. The molecule has 1 heterocycles. The van der Waals surface area contributed by atoms with Crippen molar-refractivity contribution >= 4 is 0 Å². The summed E-state index contributed by atoms with van der Waals surface area (Å²) in [5.74, 6) is -1.48. The third-order valence-electron chi connectivity index (χ3n) is 3.23. The molecule has 1 aliphatic rings. The third kappa shape index (κ3) is 2.98. The number of hydrogen-bond donors (Lipinski definition) is 6. The summed E-state index contributed by atoms with van der Waals surface area (Å²) >= 11 is 0. The van der Waals surface area contributed by atoms with E-state index < -0.39 is 49.5 Å². The van der Waals surface area contributed by atoms with E-state index in [-0.39, 0.29) is 6.42 Å². The van der Waals surface area contributed by atoms with E-state index >= 15 is 0 Å². The Balaban J connectivity index is 2.88. The van der Waals surface area contributed by atoms with Crippen molar-refractivity contribution in [1.82, 2.24) is 0 Å². The van der Waals surface area contributed by atoms with Gasteiger partial charge in [-0.25, -0.2) is 0 Å². The van der Waals surface area contributed by atoms with Gasteiger partial charge in [0.05, 0.1) is 25.4 Å². The van der Waals surface area contributed by atoms with Crippen LogP contribution in [-0.2, 0) is 9.47 Å². The van der Waals surface area contributed by atoms with E-state index in [9.17, 15) is 20.4 Å². The molecule has 0 bridgehead atoms. The molecule has 108 valence electrons. The average molecular weight is 267 g/mol. The van der Waals surface area contributed by atoms with Crippen LogP contribution >= 0.6 is 0 Å². The number of rotatable bonds is 5. The van der Waals surface area contributed by atoms with E-state index in [0.717, 1.165) is 0 Å². The molecule has 0 radical (unpaired) electrons. The van der Waals surface area contributed by atoms with Gasteiger partial charge in [-0.1, -0.05) is 0 Å². The zero-order valence-corrected chi connectivity index (χ0v) is 10.1. The second-order valence-electron chi connectivity index (χ2n) is 4.44. The number of hydrogen-bond acceptors (Lipinski definition) is 8. The molecule has 1 rings (SSSR count). The fourth-order valence-electron chi connectivity index (χ4n) is 1.97. The van der Waals surface area contributed by atoms with Crippen molar-refractivity contribution in [3.8, 4) is 0 Å². The SMILES string of the molecule is CO[C@]1(CO)C[C@H](O)[C@@H](N)[C@H]([C@H](O)[C@H](O)CO)O1. The molecule has 1 aliphatic heterocycles. The fraction of sp³-hybridized carbons (Fsp3) is 1.00. The largest absolute Gasteiger partial charge is 0.394 e. The Morgan fingerprint density at radius 3 is 2.50 bits per heavy atom. The lowest BCUT2D eigenvalue weighted by Gasteiger charge is -2.46. The van der Waals surface area contributed by atoms with Crippen molar-refractivity contribution in [2.45, 2.75) is 42.7 Å². The monoisotopic (exact) mass is 267 g/mol. The zero-order valence-electron chi connectivity index (χ0n) is 10.1. The molecule has 0 amide bonds. The molecule has 8 nitrogen and oxygen atoms in total. The van der Waals surface area contributed by atoms with Crippen LogP contribution in [0.3, 0.4) is 0 Å². The Morgan fingerprint density at radius 1 is 1.44 bits per heavy atom. The number of methoxy groups -OCH3 is 1. The van der Waals surface area contributed by atoms with Crippen LogP contribution in [0.2, 0.25) is 0 Å². The van der Waals surface area contributed by atoms with E-state index in [1.54, 1.807) is 0 Å². The van der Waals surface area contributed by atoms with Gasteiger partial charge in [0.25, 0.3) is 0 Å². The lowest BCUT2D eigenvalue weighted by Crippen LogP contribution is -2.65. The topological polar surface area (TPSA) is 146 Å². The number of aliphatic hydroxyl groups excluding tert-OH is 5. The van der Waals surface area contributed by atoms with Crippen LogP contribution in [0.15, 0.2) is 0 Å². The van der Waals surface area contributed by atoms with Gasteiger partial charge in [0.1, 0.15) is 18.3 Å². The molecule has 0 saturated carbocycles. The normalized spacial score (nSPS) is 40.5. The van der Waals surface area contributed by atoms with Crippen molar-refractivity contribution in [3.05, 3.63) is 0 Å². The standard InChI is InChI=1S/C10H21NO7/c1-17-10(4-13)2-5(14)7(11)9(18-10)8(16)6(15)3-12/h5-9,12-16H,2-4,11H2,1H3/t5-,6+,7+,8+,9+,10+/m0/s1. The average Bonchev–Trinajstić information content (AvgIpc) is 2.40. The van der Waals surface area contributed by atoms with E-state index in [1.165, 1.54) is 7.11 Å². The van der Waals surface area contributed by atoms with Gasteiger partial charge in [0, 0.05) is 13.5 Å². The van der Waals surface area contributed by atoms with Crippen LogP contribution in [0.1, 0.15) is 6.42 Å². The number of ether oxygens (including phenoxy) is 2. The van der Waals surface area contributed by atoms with E-state index in [0.29, 0.717) is 0 Å². The minimum atomic E-state index is -1.50. The van der Waals surface area contributed by atoms with E-state index in [1.807, 2.05) is 0 Å². The van der Waals surface area contributed by atoms with Gasteiger partial charge in [-0.3, -0.25) is 0 Å². The Hall–Kier alpha value is -0.320. The van der Waals surface area contributed by atoms with Gasteiger partial charge in [0.15, 0.2) is 5.79 Å². The molecule has 0 spiro atoms. The summed E-state index contributed by atoms with van der Waals surface area (Å²) in [6.45, 7) is -1.21. The molecular weight excluding hydrogens is 246 g/mol. The molecule has 0 aromatic carbocycles. The molecule has 1 saturated heterocycles. The summed E-state index contributed by atoms with van der Waals surface area (Å²) in [5.41, 5.74) is 5.68. The van der Waals surface area contributed by atoms with Crippen molar-refractivity contribution < 1.29 is 35.0 Å². The van der Waals surface area contributed by atoms with Gasteiger partial charge in [0.2, 0.25) is 0 Å². The highest BCUT2D eigenvalue weighted by Crippen LogP contribution is 2.31. The van der Waals surface area contributed by atoms with Gasteiger partial charge in [-0.15, -0.1) is 0 Å². The number of nitrogens with two attached hydrogens (primary N) is 1. The van der Waals surface area contributed by atoms with Crippen molar-refractivity contribution in [3.63, 3.8) is 0 Å². The first-order valence-corrected chi connectivity index (χ1v) is 5.65. The minimum absolute atomic E-state index is 0.0559. The van der Waals surface area contributed by atoms with Crippen LogP contribution in [0, 0.1) is 0 Å². The fourth-order valence-corrected chi connectivity index (χ4v) is 1.97. The number of aliphatic hydroxyl groups is 5. The minimum Gasteiger partial charge on any atom is -0.394 e. The predicted molar refractivity (Wildman–Crippen MR) is 59.4 cm³/mol. The third-order valence-corrected chi connectivity index (χ3v) is 3.23. The maximum Gasteiger partial charge on any atom is 0.194 e. The van der Waals surface area contributed by atoms with Crippen molar-refractivity contribution in [1.29, 1.82) is 0 Å². The van der Waals surface area contributed by atoms with Crippen LogP contribution in [0.25, 0.3) is 0 Å². The van der Waals surface area contributed by atoms with Gasteiger partial charge in [-0.2, -0.15) is 0 Å². The first kappa shape index (κ1) is 15.7. The van der Waals surface area contributed by atoms with Crippen molar-refractivity contribution in [2.75, 3.05) is 20.3 Å². The Labute approximate surface area is 105 Å². The highest BCUT2D eigenvalue weighted by Gasteiger charge is 2.49. The van der Waals surface area contributed by atoms with Crippen LogP contribution in [-0.4, -0.2) is 82.1 Å². The summed E-state index contributed by atoms with van der Waals surface area (Å²) < 4.78 is 10.4. The molecule has 0 aromatic rings. The summed E-state index contributed by atoms with van der Waals surface area (Å²) in [7, 11) is 1.28. The lowest BCUT2D eigenvalue weighted by atomic mass is 9.89. The molecule has 8 heteroatoms. The molecule has 1 fully saturated rings. The van der Waals surface area contributed by atoms with E-state index in [4.69, 9.17) is 20.3 Å². The molecule has 18 heavy (non-hydrogen) atoms. The van der Waals surface area contributed by atoms with E-state index in [2.05, 4.69) is 0 Å². The maximum absolute atomic E-state index is 9.80. The highest BCUT2D eigenvalue weighted by atomic mass is 16.7. The smallest absolute Gasteiger partial charge is 0.194 e. The van der Waals surface area contributed by atoms with Gasteiger partial charge >= 0.3 is 0 Å². The second-order valence-corrected chi connectivity index (χ2v) is 4.44. The van der Waals surface area contributed by atoms with Crippen LogP contribution in [0.4, 0.5) is 0 Å². The highest BCUT2D eigenvalue weighted by molar-refractivity contribution is 4.96. The molecule has 0 unspecified atom stereocenters. The summed E-state index contributed by atoms with van der Waals surface area (Å²) in [5, 5.41) is 47.0. The summed E-state index contributed by atoms with van der Waals surface area (Å²) in [6, 6.07) is -0.962. The first-order chi connectivity index (χ1) is 8.40. The molecule has 6 atom stereocenters. The Morgan fingerprint density at radius 2 is 2.06 bits per heavy atom. The predicted octanol–water partition coefficient (Wildman–Crippen LogP) is -3.49. The lowest BCUT2D eigenvalue weighted by molar-refractivity contribution is -0.319. The maximum atomic E-state index is 9.80. The van der Waals surface area contributed by atoms with Crippen LogP contribution in [0.5, 0.6) is 0 Å². The Kier molecular flexibility index (Phi) is 5.44. The summed E-state index contributed by atoms with van der Waals surface area (Å²) in [6.07, 6.45) is -5.25. The zero-order chi connectivity index (χ0) is 13.9. The summed E-state index contributed by atoms with van der Waals surface area (Å²) in [4.78, 5) is 0. The van der Waals surface area contributed by atoms with Gasteiger partial charge in [-0.05, 0) is 0 Å². The molecule has 7 N–H and O–H groups in total. The van der Waals surface area contributed by atoms with Crippen molar-refractivity contribution in [2.24, 2.45) is 5.73 Å². The van der Waals surface area contributed by atoms with Gasteiger partial charge < -0.3 is 40.7 Å². The quantitative estimate of drug-likeness (QED) is 0.301. The van der Waals surface area contributed by atoms with Crippen LogP contribution < -0.4 is 5.73 Å². The second kappa shape index (κ2) is 6.22. The molecule has 0 aromatic heterocycles. The molecule has 0 aliphatic carbocycles. The Bertz CT molecular complexity index is 261.